The summed E-state index contributed by atoms with van der Waals surface area (Å²) in [4.78, 5) is 4.19. The summed E-state index contributed by atoms with van der Waals surface area (Å²) in [5.41, 5.74) is 0. The SMILES string of the molecule is CCCCN=C1O[C@@H](C)[C@@H](C)O1. The van der Waals surface area contributed by atoms with Crippen molar-refractivity contribution in [2.24, 2.45) is 4.99 Å². The van der Waals surface area contributed by atoms with Crippen molar-refractivity contribution in [1.29, 1.82) is 0 Å². The van der Waals surface area contributed by atoms with Crippen LogP contribution in [-0.2, 0) is 9.47 Å². The molecule has 1 heterocycles. The zero-order valence-corrected chi connectivity index (χ0v) is 8.04. The van der Waals surface area contributed by atoms with Crippen molar-refractivity contribution in [1.82, 2.24) is 0 Å². The summed E-state index contributed by atoms with van der Waals surface area (Å²) in [7, 11) is 0. The molecule has 0 radical (unpaired) electrons. The highest BCUT2D eigenvalue weighted by molar-refractivity contribution is 5.68. The molecule has 0 aromatic carbocycles. The van der Waals surface area contributed by atoms with Gasteiger partial charge in [-0.1, -0.05) is 13.3 Å². The van der Waals surface area contributed by atoms with Crippen LogP contribution >= 0.6 is 0 Å². The number of nitrogens with zero attached hydrogens (tertiary/aromatic N) is 1. The largest absolute Gasteiger partial charge is 0.444 e. The Hall–Kier alpha value is -0.730. The Morgan fingerprint density at radius 3 is 2.33 bits per heavy atom. The number of hydrogen-bond donors (Lipinski definition) is 0. The molecule has 70 valence electrons. The molecule has 0 aromatic rings. The molecule has 0 bridgehead atoms. The molecule has 0 unspecified atom stereocenters. The van der Waals surface area contributed by atoms with Gasteiger partial charge in [-0.15, -0.1) is 0 Å². The fourth-order valence-electron chi connectivity index (χ4n) is 0.940. The lowest BCUT2D eigenvalue weighted by Crippen LogP contribution is -2.13. The van der Waals surface area contributed by atoms with Crippen LogP contribution in [0.15, 0.2) is 4.99 Å². The van der Waals surface area contributed by atoms with E-state index >= 15 is 0 Å². The maximum absolute atomic E-state index is 5.35. The minimum Gasteiger partial charge on any atom is -0.444 e. The Morgan fingerprint density at radius 1 is 1.25 bits per heavy atom. The van der Waals surface area contributed by atoms with Gasteiger partial charge in [0.15, 0.2) is 0 Å². The van der Waals surface area contributed by atoms with Gasteiger partial charge in [0.1, 0.15) is 12.2 Å². The van der Waals surface area contributed by atoms with E-state index in [2.05, 4.69) is 11.9 Å². The van der Waals surface area contributed by atoms with E-state index in [0.717, 1.165) is 19.4 Å². The van der Waals surface area contributed by atoms with E-state index in [-0.39, 0.29) is 12.2 Å². The van der Waals surface area contributed by atoms with Crippen LogP contribution in [0.2, 0.25) is 0 Å². The highest BCUT2D eigenvalue weighted by atomic mass is 16.7. The molecule has 1 saturated heterocycles. The first kappa shape index (κ1) is 9.36. The van der Waals surface area contributed by atoms with Gasteiger partial charge >= 0.3 is 6.08 Å². The van der Waals surface area contributed by atoms with E-state index in [4.69, 9.17) is 9.47 Å². The second-order valence-corrected chi connectivity index (χ2v) is 3.15. The van der Waals surface area contributed by atoms with Crippen LogP contribution in [0.1, 0.15) is 33.6 Å². The van der Waals surface area contributed by atoms with Crippen molar-refractivity contribution in [3.05, 3.63) is 0 Å². The molecule has 0 spiro atoms. The fourth-order valence-corrected chi connectivity index (χ4v) is 0.940. The molecule has 0 N–H and O–H groups in total. The van der Waals surface area contributed by atoms with Crippen LogP contribution in [0.4, 0.5) is 0 Å². The van der Waals surface area contributed by atoms with Crippen LogP contribution in [0, 0.1) is 0 Å². The van der Waals surface area contributed by atoms with Crippen LogP contribution in [0.3, 0.4) is 0 Å². The molecule has 0 aliphatic carbocycles. The monoisotopic (exact) mass is 171 g/mol. The van der Waals surface area contributed by atoms with Gasteiger partial charge in [0.2, 0.25) is 0 Å². The molecular formula is C9H17NO2. The highest BCUT2D eigenvalue weighted by Gasteiger charge is 2.26. The molecule has 0 saturated carbocycles. The van der Waals surface area contributed by atoms with Crippen molar-refractivity contribution in [2.75, 3.05) is 6.54 Å². The molecule has 3 heteroatoms. The van der Waals surface area contributed by atoms with Crippen LogP contribution < -0.4 is 0 Å². The average Bonchev–Trinajstić information content (AvgIpc) is 2.32. The lowest BCUT2D eigenvalue weighted by molar-refractivity contribution is 0.187. The Morgan fingerprint density at radius 2 is 1.83 bits per heavy atom. The van der Waals surface area contributed by atoms with E-state index < -0.39 is 0 Å². The predicted molar refractivity (Wildman–Crippen MR) is 48.3 cm³/mol. The average molecular weight is 171 g/mol. The van der Waals surface area contributed by atoms with Crippen molar-refractivity contribution < 1.29 is 9.47 Å². The number of rotatable bonds is 3. The third kappa shape index (κ3) is 2.40. The summed E-state index contributed by atoms with van der Waals surface area (Å²) in [6, 6.07) is 0. The molecule has 0 amide bonds. The topological polar surface area (TPSA) is 30.8 Å². The molecule has 1 rings (SSSR count). The number of aliphatic imine (C=N–C) groups is 1. The van der Waals surface area contributed by atoms with Gasteiger partial charge in [-0.3, -0.25) is 0 Å². The van der Waals surface area contributed by atoms with Gasteiger partial charge < -0.3 is 9.47 Å². The number of hydrogen-bond acceptors (Lipinski definition) is 3. The van der Waals surface area contributed by atoms with Crippen LogP contribution in [0.25, 0.3) is 0 Å². The van der Waals surface area contributed by atoms with E-state index in [1.54, 1.807) is 0 Å². The molecule has 2 atom stereocenters. The molecule has 1 aliphatic rings. The standard InChI is InChI=1S/C9H17NO2/c1-4-5-6-10-9-11-7(2)8(3)12-9/h7-8H,4-6H2,1-3H3/t7-,8+. The Balaban J connectivity index is 2.30. The summed E-state index contributed by atoms with van der Waals surface area (Å²) in [6.07, 6.45) is 3.01. The molecular weight excluding hydrogens is 154 g/mol. The summed E-state index contributed by atoms with van der Waals surface area (Å²) in [5.74, 6) is 0. The zero-order chi connectivity index (χ0) is 8.97. The Bertz CT molecular complexity index is 156. The fraction of sp³-hybridized carbons (Fsp3) is 0.889. The number of ether oxygens (including phenoxy) is 2. The minimum absolute atomic E-state index is 0.144. The summed E-state index contributed by atoms with van der Waals surface area (Å²) in [5, 5.41) is 0. The van der Waals surface area contributed by atoms with Gasteiger partial charge in [0.25, 0.3) is 0 Å². The van der Waals surface area contributed by atoms with Gasteiger partial charge in [0.05, 0.1) is 0 Å². The normalized spacial score (nSPS) is 31.8. The molecule has 0 aromatic heterocycles. The van der Waals surface area contributed by atoms with Crippen molar-refractivity contribution in [3.63, 3.8) is 0 Å². The van der Waals surface area contributed by atoms with Crippen LogP contribution in [-0.4, -0.2) is 24.8 Å². The highest BCUT2D eigenvalue weighted by Crippen LogP contribution is 2.13. The van der Waals surface area contributed by atoms with Gasteiger partial charge in [0, 0.05) is 6.54 Å². The van der Waals surface area contributed by atoms with E-state index in [0.29, 0.717) is 6.08 Å². The van der Waals surface area contributed by atoms with Gasteiger partial charge in [-0.05, 0) is 20.3 Å². The summed E-state index contributed by atoms with van der Waals surface area (Å²) < 4.78 is 10.7. The van der Waals surface area contributed by atoms with E-state index in [1.165, 1.54) is 0 Å². The summed E-state index contributed by atoms with van der Waals surface area (Å²) >= 11 is 0. The van der Waals surface area contributed by atoms with E-state index in [1.807, 2.05) is 13.8 Å². The maximum Gasteiger partial charge on any atom is 0.384 e. The van der Waals surface area contributed by atoms with E-state index in [9.17, 15) is 0 Å². The quantitative estimate of drug-likeness (QED) is 0.608. The zero-order valence-electron chi connectivity index (χ0n) is 8.04. The summed E-state index contributed by atoms with van der Waals surface area (Å²) in [6.45, 7) is 6.94. The smallest absolute Gasteiger partial charge is 0.384 e. The lowest BCUT2D eigenvalue weighted by atomic mass is 10.3. The maximum atomic E-state index is 5.35. The van der Waals surface area contributed by atoms with Crippen molar-refractivity contribution in [2.45, 2.75) is 45.8 Å². The first-order valence-corrected chi connectivity index (χ1v) is 4.61. The Labute approximate surface area is 73.8 Å². The third-order valence-electron chi connectivity index (χ3n) is 1.99. The predicted octanol–water partition coefficient (Wildman–Crippen LogP) is 1.97. The van der Waals surface area contributed by atoms with Gasteiger partial charge in [-0.2, -0.15) is 0 Å². The molecule has 1 aliphatic heterocycles. The first-order valence-electron chi connectivity index (χ1n) is 4.61. The molecule has 12 heavy (non-hydrogen) atoms. The second-order valence-electron chi connectivity index (χ2n) is 3.15. The number of unbranched alkanes of at least 4 members (excludes halogenated alkanes) is 1. The Kier molecular flexibility index (Phi) is 3.38. The van der Waals surface area contributed by atoms with Gasteiger partial charge in [-0.25, -0.2) is 4.99 Å². The second kappa shape index (κ2) is 4.33. The van der Waals surface area contributed by atoms with Crippen molar-refractivity contribution in [3.8, 4) is 0 Å². The van der Waals surface area contributed by atoms with Crippen LogP contribution in [0.5, 0.6) is 0 Å². The first-order chi connectivity index (χ1) is 5.74. The minimum atomic E-state index is 0.144. The third-order valence-corrected chi connectivity index (χ3v) is 1.99. The van der Waals surface area contributed by atoms with Crippen molar-refractivity contribution >= 4 is 6.08 Å². The molecule has 1 fully saturated rings. The molecule has 3 nitrogen and oxygen atoms in total. The lowest BCUT2D eigenvalue weighted by Gasteiger charge is -2.01.